The van der Waals surface area contributed by atoms with Crippen molar-refractivity contribution in [2.45, 2.75) is 39.0 Å². The number of benzene rings is 1. The molecule has 2 fully saturated rings. The minimum absolute atomic E-state index is 0.0345. The van der Waals surface area contributed by atoms with Crippen molar-refractivity contribution < 1.29 is 19.2 Å². The molecular formula is C18H22N2O5. The maximum absolute atomic E-state index is 11.9. The van der Waals surface area contributed by atoms with Crippen LogP contribution in [-0.2, 0) is 14.3 Å². The van der Waals surface area contributed by atoms with Crippen LogP contribution in [0.3, 0.4) is 0 Å². The molecule has 7 nitrogen and oxygen atoms in total. The predicted molar refractivity (Wildman–Crippen MR) is 91.0 cm³/mol. The lowest BCUT2D eigenvalue weighted by molar-refractivity contribution is -0.384. The molecule has 134 valence electrons. The van der Waals surface area contributed by atoms with E-state index in [1.165, 1.54) is 37.5 Å². The summed E-state index contributed by atoms with van der Waals surface area (Å²) in [5.41, 5.74) is 1.02. The van der Waals surface area contributed by atoms with Crippen LogP contribution in [0, 0.1) is 34.8 Å². The molecule has 3 atom stereocenters. The van der Waals surface area contributed by atoms with E-state index in [1.807, 2.05) is 0 Å². The molecule has 0 radical (unpaired) electrons. The second kappa shape index (κ2) is 7.21. The molecular weight excluding hydrogens is 324 g/mol. The largest absolute Gasteiger partial charge is 0.456 e. The first-order chi connectivity index (χ1) is 11.9. The normalized spacial score (nSPS) is 24.1. The molecule has 0 unspecified atom stereocenters. The van der Waals surface area contributed by atoms with Crippen LogP contribution in [0.2, 0.25) is 0 Å². The topological polar surface area (TPSA) is 98.5 Å². The zero-order chi connectivity index (χ0) is 18.0. The Labute approximate surface area is 145 Å². The monoisotopic (exact) mass is 346 g/mol. The number of nitro benzene ring substituents is 1. The van der Waals surface area contributed by atoms with E-state index in [0.29, 0.717) is 29.5 Å². The molecule has 0 heterocycles. The first-order valence-corrected chi connectivity index (χ1v) is 8.63. The molecule has 2 saturated carbocycles. The third-order valence-electron chi connectivity index (χ3n) is 5.37. The van der Waals surface area contributed by atoms with Gasteiger partial charge in [0.15, 0.2) is 6.61 Å². The molecule has 3 rings (SSSR count). The number of nitrogens with one attached hydrogen (secondary N) is 1. The van der Waals surface area contributed by atoms with Gasteiger partial charge in [-0.3, -0.25) is 19.7 Å². The maximum Gasteiger partial charge on any atom is 0.306 e. The lowest BCUT2D eigenvalue weighted by Gasteiger charge is -2.20. The van der Waals surface area contributed by atoms with Gasteiger partial charge >= 0.3 is 5.97 Å². The lowest BCUT2D eigenvalue weighted by Crippen LogP contribution is -2.23. The summed E-state index contributed by atoms with van der Waals surface area (Å²) in [7, 11) is 0. The van der Waals surface area contributed by atoms with Crippen LogP contribution in [0.1, 0.15) is 37.7 Å². The van der Waals surface area contributed by atoms with E-state index in [9.17, 15) is 19.7 Å². The molecule has 2 aliphatic rings. The smallest absolute Gasteiger partial charge is 0.306 e. The standard InChI is InChI=1S/C18H22N2O5/c1-11-6-15(20(23)24)4-5-16(11)19-17(21)10-25-18(22)9-14-8-12-2-3-13(14)7-12/h4-6,12-14H,2-3,7-10H2,1H3,(H,19,21)/t12-,13-,14+/m1/s1. The van der Waals surface area contributed by atoms with E-state index >= 15 is 0 Å². The molecule has 1 N–H and O–H groups in total. The fraction of sp³-hybridized carbons (Fsp3) is 0.556. The van der Waals surface area contributed by atoms with Crippen molar-refractivity contribution >= 4 is 23.3 Å². The highest BCUT2D eigenvalue weighted by Crippen LogP contribution is 2.49. The van der Waals surface area contributed by atoms with E-state index < -0.39 is 10.8 Å². The van der Waals surface area contributed by atoms with E-state index in [2.05, 4.69) is 5.32 Å². The number of nitrogens with zero attached hydrogens (tertiary/aromatic N) is 1. The first kappa shape index (κ1) is 17.4. The van der Waals surface area contributed by atoms with E-state index in [0.717, 1.165) is 12.3 Å². The van der Waals surface area contributed by atoms with Gasteiger partial charge in [-0.1, -0.05) is 6.42 Å². The highest BCUT2D eigenvalue weighted by atomic mass is 16.6. The molecule has 2 aliphatic carbocycles. The Balaban J connectivity index is 1.45. The third-order valence-corrected chi connectivity index (χ3v) is 5.37. The molecule has 0 saturated heterocycles. The molecule has 1 aromatic carbocycles. The first-order valence-electron chi connectivity index (χ1n) is 8.63. The van der Waals surface area contributed by atoms with Crippen LogP contribution < -0.4 is 5.32 Å². The summed E-state index contributed by atoms with van der Waals surface area (Å²) < 4.78 is 5.09. The fourth-order valence-corrected chi connectivity index (χ4v) is 4.13. The lowest BCUT2D eigenvalue weighted by atomic mass is 9.86. The molecule has 1 aromatic rings. The molecule has 1 amide bonds. The van der Waals surface area contributed by atoms with Crippen molar-refractivity contribution in [2.75, 3.05) is 11.9 Å². The second-order valence-corrected chi connectivity index (χ2v) is 7.10. The van der Waals surface area contributed by atoms with Gasteiger partial charge in [0.2, 0.25) is 0 Å². The highest BCUT2D eigenvalue weighted by molar-refractivity contribution is 5.93. The van der Waals surface area contributed by atoms with Crippen LogP contribution in [0.25, 0.3) is 0 Å². The minimum atomic E-state index is -0.490. The van der Waals surface area contributed by atoms with Crippen molar-refractivity contribution in [2.24, 2.45) is 17.8 Å². The number of esters is 1. The molecule has 0 aromatic heterocycles. The SMILES string of the molecule is Cc1cc([N+](=O)[O-])ccc1NC(=O)COC(=O)C[C@@H]1C[C@@H]2CC[C@@H]1C2. The predicted octanol–water partition coefficient (Wildman–Crippen LogP) is 3.21. The van der Waals surface area contributed by atoms with E-state index in [4.69, 9.17) is 4.74 Å². The quantitative estimate of drug-likeness (QED) is 0.484. The van der Waals surface area contributed by atoms with Crippen LogP contribution in [0.5, 0.6) is 0 Å². The van der Waals surface area contributed by atoms with Gasteiger partial charge in [0, 0.05) is 24.2 Å². The summed E-state index contributed by atoms with van der Waals surface area (Å²) in [6, 6.07) is 4.18. The van der Waals surface area contributed by atoms with Crippen molar-refractivity contribution in [1.29, 1.82) is 0 Å². The number of hydrogen-bond acceptors (Lipinski definition) is 5. The summed E-state index contributed by atoms with van der Waals surface area (Å²) >= 11 is 0. The highest BCUT2D eigenvalue weighted by Gasteiger charge is 2.40. The van der Waals surface area contributed by atoms with Gasteiger partial charge in [-0.25, -0.2) is 0 Å². The Bertz CT molecular complexity index is 703. The molecule has 0 aliphatic heterocycles. The Hall–Kier alpha value is -2.44. The molecule has 0 spiro atoms. The molecule has 2 bridgehead atoms. The Kier molecular flexibility index (Phi) is 5.01. The average molecular weight is 346 g/mol. The van der Waals surface area contributed by atoms with Crippen LogP contribution in [0.4, 0.5) is 11.4 Å². The number of carbonyl (C=O) groups is 2. The number of fused-ring (bicyclic) bond motifs is 2. The van der Waals surface area contributed by atoms with Crippen molar-refractivity contribution in [1.82, 2.24) is 0 Å². The number of rotatable bonds is 6. The fourth-order valence-electron chi connectivity index (χ4n) is 4.13. The van der Waals surface area contributed by atoms with Gasteiger partial charge in [-0.15, -0.1) is 0 Å². The summed E-state index contributed by atoms with van der Waals surface area (Å²) in [5.74, 6) is 1.06. The number of aryl methyl sites for hydroxylation is 1. The van der Waals surface area contributed by atoms with Gasteiger partial charge in [-0.05, 0) is 55.6 Å². The van der Waals surface area contributed by atoms with Crippen molar-refractivity contribution in [3.05, 3.63) is 33.9 Å². The number of ether oxygens (including phenoxy) is 1. The van der Waals surface area contributed by atoms with Gasteiger partial charge in [-0.2, -0.15) is 0 Å². The Morgan fingerprint density at radius 1 is 1.32 bits per heavy atom. The number of anilines is 1. The number of amides is 1. The van der Waals surface area contributed by atoms with E-state index in [1.54, 1.807) is 6.92 Å². The average Bonchev–Trinajstić information content (AvgIpc) is 3.17. The van der Waals surface area contributed by atoms with Crippen LogP contribution in [0.15, 0.2) is 18.2 Å². The van der Waals surface area contributed by atoms with Gasteiger partial charge < -0.3 is 10.1 Å². The second-order valence-electron chi connectivity index (χ2n) is 7.10. The molecule has 7 heteroatoms. The van der Waals surface area contributed by atoms with Crippen LogP contribution in [-0.4, -0.2) is 23.4 Å². The van der Waals surface area contributed by atoms with Crippen molar-refractivity contribution in [3.63, 3.8) is 0 Å². The summed E-state index contributed by atoms with van der Waals surface area (Å²) in [5, 5.41) is 13.3. The zero-order valence-corrected chi connectivity index (χ0v) is 14.2. The summed E-state index contributed by atoms with van der Waals surface area (Å²) in [6.45, 7) is 1.33. The van der Waals surface area contributed by atoms with Gasteiger partial charge in [0.05, 0.1) is 4.92 Å². The number of carbonyl (C=O) groups excluding carboxylic acids is 2. The maximum atomic E-state index is 11.9. The summed E-state index contributed by atoms with van der Waals surface area (Å²) in [6.07, 6.45) is 5.23. The minimum Gasteiger partial charge on any atom is -0.456 e. The Morgan fingerprint density at radius 2 is 2.12 bits per heavy atom. The Morgan fingerprint density at radius 3 is 2.72 bits per heavy atom. The van der Waals surface area contributed by atoms with E-state index in [-0.39, 0.29) is 18.3 Å². The number of non-ortho nitro benzene ring substituents is 1. The summed E-state index contributed by atoms with van der Waals surface area (Å²) in [4.78, 5) is 34.1. The number of nitro groups is 1. The van der Waals surface area contributed by atoms with Gasteiger partial charge in [0.25, 0.3) is 11.6 Å². The number of hydrogen-bond donors (Lipinski definition) is 1. The van der Waals surface area contributed by atoms with Crippen molar-refractivity contribution in [3.8, 4) is 0 Å². The van der Waals surface area contributed by atoms with Gasteiger partial charge in [0.1, 0.15) is 0 Å². The molecule has 25 heavy (non-hydrogen) atoms. The third kappa shape index (κ3) is 4.15. The zero-order valence-electron chi connectivity index (χ0n) is 14.2. The van der Waals surface area contributed by atoms with Crippen LogP contribution >= 0.6 is 0 Å².